The number of benzene rings is 1. The molecular weight excluding hydrogens is 184 g/mol. The molecule has 1 aliphatic rings. The third-order valence-electron chi connectivity index (χ3n) is 2.56. The number of ketones is 1. The first-order valence-electron chi connectivity index (χ1n) is 4.34. The van der Waals surface area contributed by atoms with Crippen LogP contribution >= 0.6 is 11.6 Å². The van der Waals surface area contributed by atoms with E-state index in [9.17, 15) is 4.79 Å². The first-order valence-corrected chi connectivity index (χ1v) is 4.72. The molecule has 1 aromatic carbocycles. The maximum absolute atomic E-state index is 11.8. The van der Waals surface area contributed by atoms with Crippen LogP contribution in [0.25, 0.3) is 0 Å². The maximum atomic E-state index is 11.8. The molecule has 0 spiro atoms. The molecule has 1 aliphatic carbocycles. The summed E-state index contributed by atoms with van der Waals surface area (Å²) < 4.78 is 0. The summed E-state index contributed by atoms with van der Waals surface area (Å²) in [7, 11) is 0. The second-order valence-corrected chi connectivity index (χ2v) is 4.63. The van der Waals surface area contributed by atoms with Gasteiger partial charge in [-0.25, -0.2) is 0 Å². The lowest BCUT2D eigenvalue weighted by molar-refractivity contribution is 0.0863. The standard InChI is InChI=1S/C11H11ClO/c1-11(2)6-7-5-8(12)3-4-9(7)10(11)13/h3-5H,6H2,1-2H3. The maximum Gasteiger partial charge on any atom is 0.169 e. The molecule has 2 rings (SSSR count). The molecule has 0 aromatic heterocycles. The molecule has 0 radical (unpaired) electrons. The van der Waals surface area contributed by atoms with E-state index in [0.29, 0.717) is 5.02 Å². The van der Waals surface area contributed by atoms with Crippen molar-refractivity contribution in [1.82, 2.24) is 0 Å². The van der Waals surface area contributed by atoms with E-state index >= 15 is 0 Å². The Kier molecular flexibility index (Phi) is 1.74. The molecule has 0 bridgehead atoms. The van der Waals surface area contributed by atoms with Crippen LogP contribution in [0.4, 0.5) is 0 Å². The number of halogens is 1. The Balaban J connectivity index is 2.57. The topological polar surface area (TPSA) is 17.1 Å². The Hall–Kier alpha value is -0.820. The molecule has 0 heterocycles. The summed E-state index contributed by atoms with van der Waals surface area (Å²) in [6, 6.07) is 5.50. The monoisotopic (exact) mass is 194 g/mol. The number of hydrogen-bond acceptors (Lipinski definition) is 1. The van der Waals surface area contributed by atoms with Crippen LogP contribution in [0, 0.1) is 5.41 Å². The quantitative estimate of drug-likeness (QED) is 0.620. The SMILES string of the molecule is CC1(C)Cc2cc(Cl)ccc2C1=O. The first kappa shape index (κ1) is 8.76. The Morgan fingerprint density at radius 1 is 1.38 bits per heavy atom. The fraction of sp³-hybridized carbons (Fsp3) is 0.364. The van der Waals surface area contributed by atoms with Crippen molar-refractivity contribution in [3.8, 4) is 0 Å². The molecule has 0 aliphatic heterocycles. The number of Topliss-reactive ketones (excluding diaryl/α,β-unsaturated/α-hetero) is 1. The Morgan fingerprint density at radius 3 is 2.77 bits per heavy atom. The van der Waals surface area contributed by atoms with Crippen molar-refractivity contribution in [1.29, 1.82) is 0 Å². The fourth-order valence-corrected chi connectivity index (χ4v) is 2.05. The lowest BCUT2D eigenvalue weighted by atomic mass is 9.89. The molecule has 2 heteroatoms. The van der Waals surface area contributed by atoms with Crippen LogP contribution < -0.4 is 0 Å². The summed E-state index contributed by atoms with van der Waals surface area (Å²) in [5.74, 6) is 0.235. The number of carbonyl (C=O) groups is 1. The van der Waals surface area contributed by atoms with Crippen LogP contribution in [-0.4, -0.2) is 5.78 Å². The third-order valence-corrected chi connectivity index (χ3v) is 2.79. The van der Waals surface area contributed by atoms with Gasteiger partial charge in [-0.3, -0.25) is 4.79 Å². The summed E-state index contributed by atoms with van der Waals surface area (Å²) in [4.78, 5) is 11.8. The van der Waals surface area contributed by atoms with Gasteiger partial charge in [-0.2, -0.15) is 0 Å². The van der Waals surface area contributed by atoms with Crippen molar-refractivity contribution in [2.75, 3.05) is 0 Å². The van der Waals surface area contributed by atoms with Gasteiger partial charge in [0.05, 0.1) is 0 Å². The second kappa shape index (κ2) is 2.58. The van der Waals surface area contributed by atoms with Crippen LogP contribution in [-0.2, 0) is 6.42 Å². The minimum absolute atomic E-state index is 0.235. The van der Waals surface area contributed by atoms with E-state index in [1.807, 2.05) is 26.0 Å². The van der Waals surface area contributed by atoms with Crippen molar-refractivity contribution in [3.63, 3.8) is 0 Å². The molecule has 13 heavy (non-hydrogen) atoms. The Labute approximate surface area is 82.7 Å². The molecule has 0 amide bonds. The normalized spacial score (nSPS) is 18.8. The fourth-order valence-electron chi connectivity index (χ4n) is 1.85. The number of hydrogen-bond donors (Lipinski definition) is 0. The van der Waals surface area contributed by atoms with Crippen molar-refractivity contribution in [3.05, 3.63) is 34.3 Å². The molecule has 0 N–H and O–H groups in total. The highest BCUT2D eigenvalue weighted by Gasteiger charge is 2.37. The lowest BCUT2D eigenvalue weighted by Gasteiger charge is -2.12. The minimum Gasteiger partial charge on any atom is -0.294 e. The molecule has 1 aromatic rings. The molecule has 0 unspecified atom stereocenters. The highest BCUT2D eigenvalue weighted by Crippen LogP contribution is 2.36. The predicted octanol–water partition coefficient (Wildman–Crippen LogP) is 3.11. The molecule has 1 nitrogen and oxygen atoms in total. The van der Waals surface area contributed by atoms with Gasteiger partial charge in [-0.15, -0.1) is 0 Å². The van der Waals surface area contributed by atoms with Crippen LogP contribution in [0.15, 0.2) is 18.2 Å². The molecular formula is C11H11ClO. The van der Waals surface area contributed by atoms with Gasteiger partial charge >= 0.3 is 0 Å². The zero-order valence-electron chi connectivity index (χ0n) is 7.73. The van der Waals surface area contributed by atoms with Gasteiger partial charge in [-0.05, 0) is 30.2 Å². The van der Waals surface area contributed by atoms with E-state index < -0.39 is 0 Å². The molecule has 68 valence electrons. The summed E-state index contributed by atoms with van der Waals surface area (Å²) in [5, 5.41) is 0.712. The van der Waals surface area contributed by atoms with Crippen LogP contribution in [0.3, 0.4) is 0 Å². The van der Waals surface area contributed by atoms with E-state index in [2.05, 4.69) is 0 Å². The van der Waals surface area contributed by atoms with E-state index in [1.165, 1.54) is 0 Å². The van der Waals surface area contributed by atoms with E-state index in [1.54, 1.807) is 6.07 Å². The van der Waals surface area contributed by atoms with Crippen molar-refractivity contribution in [2.24, 2.45) is 5.41 Å². The zero-order chi connectivity index (χ0) is 9.64. The minimum atomic E-state index is -0.243. The van der Waals surface area contributed by atoms with E-state index in [0.717, 1.165) is 17.5 Å². The van der Waals surface area contributed by atoms with E-state index in [4.69, 9.17) is 11.6 Å². The smallest absolute Gasteiger partial charge is 0.169 e. The van der Waals surface area contributed by atoms with Gasteiger partial charge in [0.25, 0.3) is 0 Å². The first-order chi connectivity index (χ1) is 6.00. The summed E-state index contributed by atoms with van der Waals surface area (Å²) >= 11 is 5.85. The number of rotatable bonds is 0. The van der Waals surface area contributed by atoms with Gasteiger partial charge < -0.3 is 0 Å². The summed E-state index contributed by atoms with van der Waals surface area (Å²) in [5.41, 5.74) is 1.68. The summed E-state index contributed by atoms with van der Waals surface area (Å²) in [6.45, 7) is 3.95. The van der Waals surface area contributed by atoms with Gasteiger partial charge in [0.2, 0.25) is 0 Å². The lowest BCUT2D eigenvalue weighted by Crippen LogP contribution is -2.18. The van der Waals surface area contributed by atoms with Crippen LogP contribution in [0.2, 0.25) is 5.02 Å². The third kappa shape index (κ3) is 1.28. The average Bonchev–Trinajstić information content (AvgIpc) is 2.22. The molecule has 0 saturated heterocycles. The molecule has 0 fully saturated rings. The van der Waals surface area contributed by atoms with Crippen molar-refractivity contribution in [2.45, 2.75) is 20.3 Å². The predicted molar refractivity (Wildman–Crippen MR) is 53.3 cm³/mol. The van der Waals surface area contributed by atoms with Crippen molar-refractivity contribution < 1.29 is 4.79 Å². The van der Waals surface area contributed by atoms with Gasteiger partial charge in [0, 0.05) is 16.0 Å². The van der Waals surface area contributed by atoms with Gasteiger partial charge in [0.1, 0.15) is 0 Å². The van der Waals surface area contributed by atoms with Gasteiger partial charge in [-0.1, -0.05) is 25.4 Å². The molecule has 0 atom stereocenters. The van der Waals surface area contributed by atoms with Gasteiger partial charge in [0.15, 0.2) is 5.78 Å². The summed E-state index contributed by atoms with van der Waals surface area (Å²) in [6.07, 6.45) is 0.807. The van der Waals surface area contributed by atoms with E-state index in [-0.39, 0.29) is 11.2 Å². The van der Waals surface area contributed by atoms with Crippen LogP contribution in [0.5, 0.6) is 0 Å². The molecule has 0 saturated carbocycles. The second-order valence-electron chi connectivity index (χ2n) is 4.19. The Morgan fingerprint density at radius 2 is 2.08 bits per heavy atom. The zero-order valence-corrected chi connectivity index (χ0v) is 8.48. The highest BCUT2D eigenvalue weighted by atomic mass is 35.5. The van der Waals surface area contributed by atoms with Crippen LogP contribution in [0.1, 0.15) is 29.8 Å². The Bertz CT molecular complexity index is 380. The average molecular weight is 195 g/mol. The highest BCUT2D eigenvalue weighted by molar-refractivity contribution is 6.30. The van der Waals surface area contributed by atoms with Crippen molar-refractivity contribution >= 4 is 17.4 Å². The number of fused-ring (bicyclic) bond motifs is 1. The largest absolute Gasteiger partial charge is 0.294 e. The number of carbonyl (C=O) groups excluding carboxylic acids is 1.